The molecule has 2 aliphatic rings. The van der Waals surface area contributed by atoms with Gasteiger partial charge in [-0.2, -0.15) is 0 Å². The number of hydrogen-bond acceptors (Lipinski definition) is 2. The molecule has 4 unspecified atom stereocenters. The zero-order valence-electron chi connectivity index (χ0n) is 11.4. The van der Waals surface area contributed by atoms with Gasteiger partial charge in [0.25, 0.3) is 0 Å². The summed E-state index contributed by atoms with van der Waals surface area (Å²) in [6.45, 7) is 2.16. The van der Waals surface area contributed by atoms with Crippen LogP contribution in [0.5, 0.6) is 0 Å². The van der Waals surface area contributed by atoms with Crippen LogP contribution in [-0.2, 0) is 0 Å². The molecule has 0 aromatic heterocycles. The van der Waals surface area contributed by atoms with Crippen molar-refractivity contribution in [3.63, 3.8) is 0 Å². The van der Waals surface area contributed by atoms with Gasteiger partial charge in [0.1, 0.15) is 0 Å². The number of carbonyl (C=O) groups is 1. The maximum atomic E-state index is 12.8. The summed E-state index contributed by atoms with van der Waals surface area (Å²) in [5, 5.41) is 0. The normalized spacial score (nSPS) is 33.4. The highest BCUT2D eigenvalue weighted by molar-refractivity contribution is 5.99. The van der Waals surface area contributed by atoms with Crippen molar-refractivity contribution >= 4 is 5.78 Å². The van der Waals surface area contributed by atoms with Crippen LogP contribution in [0.1, 0.15) is 17.3 Å². The third-order valence-electron chi connectivity index (χ3n) is 4.56. The number of likely N-dealkylation sites (N-methyl/N-ethyl adjacent to an activating group) is 1. The highest BCUT2D eigenvalue weighted by Crippen LogP contribution is 2.39. The number of Topliss-reactive ketones (excluding diaryl/α,β-unsaturated/α-hetero) is 1. The van der Waals surface area contributed by atoms with Crippen LogP contribution in [-0.4, -0.2) is 29.8 Å². The molecule has 98 valence electrons. The molecule has 1 saturated heterocycles. The maximum absolute atomic E-state index is 12.8. The SMILES string of the molecule is CC1C(C(=O)c2ccccc2)C2C=CC=CC2N1C. The highest BCUT2D eigenvalue weighted by Gasteiger charge is 2.46. The van der Waals surface area contributed by atoms with Crippen molar-refractivity contribution in [1.82, 2.24) is 4.90 Å². The smallest absolute Gasteiger partial charge is 0.168 e. The number of fused-ring (bicyclic) bond motifs is 1. The van der Waals surface area contributed by atoms with Crippen molar-refractivity contribution in [1.29, 1.82) is 0 Å². The third-order valence-corrected chi connectivity index (χ3v) is 4.56. The monoisotopic (exact) mass is 253 g/mol. The molecule has 0 amide bonds. The van der Waals surface area contributed by atoms with Gasteiger partial charge in [-0.1, -0.05) is 54.6 Å². The van der Waals surface area contributed by atoms with E-state index in [2.05, 4.69) is 43.2 Å². The lowest BCUT2D eigenvalue weighted by atomic mass is 9.80. The second kappa shape index (κ2) is 4.78. The molecule has 2 nitrogen and oxygen atoms in total. The number of rotatable bonds is 2. The lowest BCUT2D eigenvalue weighted by molar-refractivity contribution is 0.0882. The van der Waals surface area contributed by atoms with Gasteiger partial charge in [-0.3, -0.25) is 9.69 Å². The first-order valence-corrected chi connectivity index (χ1v) is 6.86. The molecule has 0 radical (unpaired) electrons. The Balaban J connectivity index is 1.94. The van der Waals surface area contributed by atoms with Crippen molar-refractivity contribution in [2.45, 2.75) is 19.0 Å². The number of ketones is 1. The summed E-state index contributed by atoms with van der Waals surface area (Å²) in [5.74, 6) is 0.628. The predicted molar refractivity (Wildman–Crippen MR) is 77.0 cm³/mol. The Hall–Kier alpha value is -1.67. The molecular formula is C17H19NO. The Morgan fingerprint density at radius 2 is 1.79 bits per heavy atom. The van der Waals surface area contributed by atoms with E-state index >= 15 is 0 Å². The minimum atomic E-state index is 0.0543. The van der Waals surface area contributed by atoms with E-state index in [-0.39, 0.29) is 17.7 Å². The summed E-state index contributed by atoms with van der Waals surface area (Å²) in [6.07, 6.45) is 8.55. The van der Waals surface area contributed by atoms with Gasteiger partial charge in [-0.05, 0) is 14.0 Å². The summed E-state index contributed by atoms with van der Waals surface area (Å²) in [4.78, 5) is 15.1. The number of benzene rings is 1. The van der Waals surface area contributed by atoms with Gasteiger partial charge in [0, 0.05) is 29.5 Å². The van der Waals surface area contributed by atoms with E-state index in [1.54, 1.807) is 0 Å². The van der Waals surface area contributed by atoms with Crippen LogP contribution in [0.3, 0.4) is 0 Å². The molecule has 1 aromatic carbocycles. The highest BCUT2D eigenvalue weighted by atomic mass is 16.1. The molecule has 1 aromatic rings. The first-order chi connectivity index (χ1) is 9.20. The molecule has 3 rings (SSSR count). The van der Waals surface area contributed by atoms with E-state index in [0.717, 1.165) is 5.56 Å². The van der Waals surface area contributed by atoms with E-state index in [9.17, 15) is 4.79 Å². The fourth-order valence-electron chi connectivity index (χ4n) is 3.39. The molecule has 1 heterocycles. The third kappa shape index (κ3) is 1.96. The van der Waals surface area contributed by atoms with E-state index < -0.39 is 0 Å². The van der Waals surface area contributed by atoms with E-state index in [1.807, 2.05) is 30.3 Å². The number of hydrogen-bond donors (Lipinski definition) is 0. The van der Waals surface area contributed by atoms with Crippen molar-refractivity contribution < 1.29 is 4.79 Å². The summed E-state index contributed by atoms with van der Waals surface area (Å²) >= 11 is 0. The first-order valence-electron chi connectivity index (χ1n) is 6.86. The number of carbonyl (C=O) groups excluding carboxylic acids is 1. The summed E-state index contributed by atoms with van der Waals surface area (Å²) in [7, 11) is 2.12. The fraction of sp³-hybridized carbons (Fsp3) is 0.353. The van der Waals surface area contributed by atoms with Gasteiger partial charge < -0.3 is 0 Å². The van der Waals surface area contributed by atoms with Crippen LogP contribution in [0.15, 0.2) is 54.6 Å². The average Bonchev–Trinajstić information content (AvgIpc) is 2.72. The Morgan fingerprint density at radius 1 is 1.11 bits per heavy atom. The molecule has 0 saturated carbocycles. The van der Waals surface area contributed by atoms with Gasteiger partial charge in [0.05, 0.1) is 0 Å². The predicted octanol–water partition coefficient (Wildman–Crippen LogP) is 2.93. The van der Waals surface area contributed by atoms with Crippen molar-refractivity contribution in [3.05, 3.63) is 60.2 Å². The molecule has 4 atom stereocenters. The molecular weight excluding hydrogens is 234 g/mol. The zero-order valence-corrected chi connectivity index (χ0v) is 11.4. The van der Waals surface area contributed by atoms with Gasteiger partial charge >= 0.3 is 0 Å². The minimum absolute atomic E-state index is 0.0543. The van der Waals surface area contributed by atoms with Crippen LogP contribution >= 0.6 is 0 Å². The van der Waals surface area contributed by atoms with Crippen LogP contribution < -0.4 is 0 Å². The van der Waals surface area contributed by atoms with E-state index in [4.69, 9.17) is 0 Å². The Morgan fingerprint density at radius 3 is 2.53 bits per heavy atom. The van der Waals surface area contributed by atoms with Crippen molar-refractivity contribution in [2.75, 3.05) is 7.05 Å². The molecule has 0 spiro atoms. The topological polar surface area (TPSA) is 20.3 Å². The maximum Gasteiger partial charge on any atom is 0.168 e. The van der Waals surface area contributed by atoms with Gasteiger partial charge in [0.15, 0.2) is 5.78 Å². The number of likely N-dealkylation sites (tertiary alicyclic amines) is 1. The van der Waals surface area contributed by atoms with E-state index in [1.165, 1.54) is 0 Å². The quantitative estimate of drug-likeness (QED) is 0.755. The second-order valence-electron chi connectivity index (χ2n) is 5.50. The summed E-state index contributed by atoms with van der Waals surface area (Å²) < 4.78 is 0. The first kappa shape index (κ1) is 12.4. The zero-order chi connectivity index (χ0) is 13.4. The molecule has 0 bridgehead atoms. The van der Waals surface area contributed by atoms with Crippen LogP contribution in [0, 0.1) is 11.8 Å². The largest absolute Gasteiger partial charge is 0.296 e. The molecule has 19 heavy (non-hydrogen) atoms. The Kier molecular flexibility index (Phi) is 3.11. The summed E-state index contributed by atoms with van der Waals surface area (Å²) in [6, 6.07) is 10.3. The average molecular weight is 253 g/mol. The number of nitrogens with zero attached hydrogens (tertiary/aromatic N) is 1. The fourth-order valence-corrected chi connectivity index (χ4v) is 3.39. The van der Waals surface area contributed by atoms with Gasteiger partial charge in [-0.15, -0.1) is 0 Å². The Labute approximate surface area is 114 Å². The second-order valence-corrected chi connectivity index (χ2v) is 5.50. The molecule has 1 aliphatic carbocycles. The molecule has 0 N–H and O–H groups in total. The van der Waals surface area contributed by atoms with Crippen LogP contribution in [0.2, 0.25) is 0 Å². The van der Waals surface area contributed by atoms with E-state index in [0.29, 0.717) is 12.0 Å². The lowest BCUT2D eigenvalue weighted by Gasteiger charge is -2.23. The van der Waals surface area contributed by atoms with Crippen molar-refractivity contribution in [2.24, 2.45) is 11.8 Å². The molecule has 1 fully saturated rings. The standard InChI is InChI=1S/C17H19NO/c1-12-16(17(19)13-8-4-3-5-9-13)14-10-6-7-11-15(14)18(12)2/h3-12,14-16H,1-2H3. The Bertz CT molecular complexity index is 531. The minimum Gasteiger partial charge on any atom is -0.296 e. The number of allylic oxidation sites excluding steroid dienone is 2. The summed E-state index contributed by atoms with van der Waals surface area (Å²) in [5.41, 5.74) is 0.830. The van der Waals surface area contributed by atoms with Gasteiger partial charge in [-0.25, -0.2) is 0 Å². The van der Waals surface area contributed by atoms with Crippen LogP contribution in [0.25, 0.3) is 0 Å². The molecule has 1 aliphatic heterocycles. The van der Waals surface area contributed by atoms with Crippen molar-refractivity contribution in [3.8, 4) is 0 Å². The van der Waals surface area contributed by atoms with Crippen LogP contribution in [0.4, 0.5) is 0 Å². The van der Waals surface area contributed by atoms with Gasteiger partial charge in [0.2, 0.25) is 0 Å². The molecule has 2 heteroatoms. The lowest BCUT2D eigenvalue weighted by Crippen LogP contribution is -2.32.